The molecule has 0 amide bonds. The van der Waals surface area contributed by atoms with E-state index in [4.69, 9.17) is 9.84 Å². The van der Waals surface area contributed by atoms with Gasteiger partial charge in [0, 0.05) is 0 Å². The summed E-state index contributed by atoms with van der Waals surface area (Å²) in [4.78, 5) is 0. The van der Waals surface area contributed by atoms with Crippen LogP contribution in [0.1, 0.15) is 13.8 Å². The van der Waals surface area contributed by atoms with Crippen LogP contribution >= 0.6 is 0 Å². The van der Waals surface area contributed by atoms with Crippen LogP contribution in [0.2, 0.25) is 0 Å². The molecule has 0 saturated carbocycles. The summed E-state index contributed by atoms with van der Waals surface area (Å²) in [7, 11) is 0. The fraction of sp³-hybridized carbons (Fsp3) is 1.00. The van der Waals surface area contributed by atoms with Gasteiger partial charge in [0.2, 0.25) is 0 Å². The first-order valence-electron chi connectivity index (χ1n) is 4.75. The Balaban J connectivity index is 2.73. The first kappa shape index (κ1) is 11.8. The molecule has 0 aliphatic carbocycles. The molecule has 1 rings (SSSR count). The zero-order valence-electron chi connectivity index (χ0n) is 8.30. The minimum atomic E-state index is -1.76. The van der Waals surface area contributed by atoms with Crippen molar-refractivity contribution in [2.24, 2.45) is 5.92 Å². The second-order valence-electron chi connectivity index (χ2n) is 3.99. The molecule has 84 valence electrons. The van der Waals surface area contributed by atoms with Gasteiger partial charge in [-0.1, -0.05) is 13.8 Å². The summed E-state index contributed by atoms with van der Waals surface area (Å²) in [5, 5.41) is 27.6. The summed E-state index contributed by atoms with van der Waals surface area (Å²) in [6, 6.07) is 0. The highest BCUT2D eigenvalue weighted by Gasteiger charge is 2.45. The first-order valence-corrected chi connectivity index (χ1v) is 4.75. The van der Waals surface area contributed by atoms with Crippen molar-refractivity contribution >= 4 is 0 Å². The van der Waals surface area contributed by atoms with E-state index >= 15 is 0 Å². The zero-order valence-corrected chi connectivity index (χ0v) is 8.30. The van der Waals surface area contributed by atoms with Gasteiger partial charge in [0.05, 0.1) is 12.7 Å². The number of aliphatic hydroxyl groups is 3. The summed E-state index contributed by atoms with van der Waals surface area (Å²) in [6.45, 7) is 3.12. The normalized spacial score (nSPS) is 44.4. The van der Waals surface area contributed by atoms with Crippen molar-refractivity contribution in [2.45, 2.75) is 44.4 Å². The predicted molar refractivity (Wildman–Crippen MR) is 47.5 cm³/mol. The molecule has 3 N–H and O–H groups in total. The minimum Gasteiger partial charge on any atom is -0.394 e. The standard InChI is InChI=1S/C9H17FO4/c1-4(2)9-8(13)6(10)7(12)5(3-11)14-9/h4-9,11-13H,3H2,1-2H3/t5?,6-,7+,8?,9-/m0/s1. The van der Waals surface area contributed by atoms with E-state index in [1.54, 1.807) is 13.8 Å². The van der Waals surface area contributed by atoms with Crippen molar-refractivity contribution < 1.29 is 24.4 Å². The Morgan fingerprint density at radius 1 is 1.29 bits per heavy atom. The lowest BCUT2D eigenvalue weighted by Gasteiger charge is -2.40. The molecule has 0 bridgehead atoms. The van der Waals surface area contributed by atoms with Crippen LogP contribution in [-0.4, -0.2) is 52.5 Å². The molecule has 1 aliphatic rings. The van der Waals surface area contributed by atoms with Crippen molar-refractivity contribution in [2.75, 3.05) is 6.61 Å². The SMILES string of the molecule is CC(C)[C@@H]1OC(CO)[C@@H](O)[C@H](F)C1O. The third-order valence-corrected chi connectivity index (χ3v) is 2.54. The molecule has 1 heterocycles. The highest BCUT2D eigenvalue weighted by molar-refractivity contribution is 4.93. The van der Waals surface area contributed by atoms with Gasteiger partial charge in [0.15, 0.2) is 6.17 Å². The topological polar surface area (TPSA) is 69.9 Å². The van der Waals surface area contributed by atoms with E-state index in [9.17, 15) is 14.6 Å². The molecule has 0 radical (unpaired) electrons. The molecule has 2 unspecified atom stereocenters. The Morgan fingerprint density at radius 2 is 1.86 bits per heavy atom. The molecule has 1 saturated heterocycles. The van der Waals surface area contributed by atoms with Gasteiger partial charge < -0.3 is 20.1 Å². The van der Waals surface area contributed by atoms with Crippen LogP contribution in [0.4, 0.5) is 4.39 Å². The van der Waals surface area contributed by atoms with Gasteiger partial charge in [-0.15, -0.1) is 0 Å². The lowest BCUT2D eigenvalue weighted by atomic mass is 9.90. The van der Waals surface area contributed by atoms with E-state index in [0.717, 1.165) is 0 Å². The third-order valence-electron chi connectivity index (χ3n) is 2.54. The van der Waals surface area contributed by atoms with Crippen LogP contribution in [0.3, 0.4) is 0 Å². The molecular weight excluding hydrogens is 191 g/mol. The average Bonchev–Trinajstić information content (AvgIpc) is 2.14. The van der Waals surface area contributed by atoms with E-state index in [1.165, 1.54) is 0 Å². The Bertz CT molecular complexity index is 186. The Morgan fingerprint density at radius 3 is 2.29 bits per heavy atom. The van der Waals surface area contributed by atoms with E-state index in [2.05, 4.69) is 0 Å². The average molecular weight is 208 g/mol. The Hall–Kier alpha value is -0.230. The van der Waals surface area contributed by atoms with Crippen LogP contribution in [0.25, 0.3) is 0 Å². The molecule has 14 heavy (non-hydrogen) atoms. The van der Waals surface area contributed by atoms with Gasteiger partial charge in [0.25, 0.3) is 0 Å². The first-order chi connectivity index (χ1) is 6.49. The lowest BCUT2D eigenvalue weighted by Crippen LogP contribution is -2.58. The number of ether oxygens (including phenoxy) is 1. The molecule has 5 atom stereocenters. The molecule has 5 heteroatoms. The third kappa shape index (κ3) is 2.06. The number of hydrogen-bond donors (Lipinski definition) is 3. The second kappa shape index (κ2) is 4.53. The fourth-order valence-electron chi connectivity index (χ4n) is 1.65. The maximum absolute atomic E-state index is 13.3. The van der Waals surface area contributed by atoms with Gasteiger partial charge in [0.1, 0.15) is 18.3 Å². The van der Waals surface area contributed by atoms with E-state index in [-0.39, 0.29) is 5.92 Å². The maximum Gasteiger partial charge on any atom is 0.157 e. The molecular formula is C9H17FO4. The van der Waals surface area contributed by atoms with Gasteiger partial charge in [-0.25, -0.2) is 4.39 Å². The van der Waals surface area contributed by atoms with Crippen LogP contribution in [-0.2, 0) is 4.74 Å². The van der Waals surface area contributed by atoms with Gasteiger partial charge >= 0.3 is 0 Å². The molecule has 0 aromatic heterocycles. The summed E-state index contributed by atoms with van der Waals surface area (Å²) < 4.78 is 18.5. The fourth-order valence-corrected chi connectivity index (χ4v) is 1.65. The second-order valence-corrected chi connectivity index (χ2v) is 3.99. The number of halogens is 1. The lowest BCUT2D eigenvalue weighted by molar-refractivity contribution is -0.222. The largest absolute Gasteiger partial charge is 0.394 e. The molecule has 0 aromatic rings. The van der Waals surface area contributed by atoms with Gasteiger partial charge in [-0.2, -0.15) is 0 Å². The monoisotopic (exact) mass is 208 g/mol. The Labute approximate surface area is 82.3 Å². The van der Waals surface area contributed by atoms with Gasteiger partial charge in [-0.05, 0) is 5.92 Å². The highest BCUT2D eigenvalue weighted by Crippen LogP contribution is 2.27. The Kier molecular flexibility index (Phi) is 3.83. The molecule has 1 fully saturated rings. The van der Waals surface area contributed by atoms with Crippen LogP contribution in [0.15, 0.2) is 0 Å². The van der Waals surface area contributed by atoms with Crippen LogP contribution in [0, 0.1) is 5.92 Å². The summed E-state index contributed by atoms with van der Waals surface area (Å²) in [5.41, 5.74) is 0. The van der Waals surface area contributed by atoms with Gasteiger partial charge in [-0.3, -0.25) is 0 Å². The van der Waals surface area contributed by atoms with E-state index < -0.39 is 37.2 Å². The number of hydrogen-bond acceptors (Lipinski definition) is 4. The molecule has 0 spiro atoms. The van der Waals surface area contributed by atoms with Crippen LogP contribution in [0.5, 0.6) is 0 Å². The summed E-state index contributed by atoms with van der Waals surface area (Å²) in [5.74, 6) is -0.0650. The van der Waals surface area contributed by atoms with E-state index in [0.29, 0.717) is 0 Å². The number of alkyl halides is 1. The molecule has 1 aliphatic heterocycles. The quantitative estimate of drug-likeness (QED) is 0.570. The van der Waals surface area contributed by atoms with Crippen molar-refractivity contribution in [1.29, 1.82) is 0 Å². The molecule has 4 nitrogen and oxygen atoms in total. The van der Waals surface area contributed by atoms with Crippen LogP contribution < -0.4 is 0 Å². The minimum absolute atomic E-state index is 0.0650. The van der Waals surface area contributed by atoms with Crippen molar-refractivity contribution in [3.63, 3.8) is 0 Å². The predicted octanol–water partition coefficient (Wildman–Crippen LogP) is -0.538. The number of aliphatic hydroxyl groups excluding tert-OH is 3. The van der Waals surface area contributed by atoms with Crippen molar-refractivity contribution in [1.82, 2.24) is 0 Å². The zero-order chi connectivity index (χ0) is 10.9. The summed E-state index contributed by atoms with van der Waals surface area (Å²) in [6.07, 6.45) is -6.16. The van der Waals surface area contributed by atoms with Crippen molar-refractivity contribution in [3.8, 4) is 0 Å². The maximum atomic E-state index is 13.3. The smallest absolute Gasteiger partial charge is 0.157 e. The van der Waals surface area contributed by atoms with E-state index in [1.807, 2.05) is 0 Å². The highest BCUT2D eigenvalue weighted by atomic mass is 19.1. The molecule has 0 aromatic carbocycles. The summed E-state index contributed by atoms with van der Waals surface area (Å²) >= 11 is 0. The van der Waals surface area contributed by atoms with Crippen molar-refractivity contribution in [3.05, 3.63) is 0 Å². The number of rotatable bonds is 2.